The van der Waals surface area contributed by atoms with Crippen LogP contribution in [0.1, 0.15) is 5.56 Å². The Morgan fingerprint density at radius 2 is 2.18 bits per heavy atom. The highest BCUT2D eigenvalue weighted by molar-refractivity contribution is 9.10. The Morgan fingerprint density at radius 3 is 2.73 bits per heavy atom. The van der Waals surface area contributed by atoms with Gasteiger partial charge in [0.1, 0.15) is 5.82 Å². The lowest BCUT2D eigenvalue weighted by atomic mass is 10.2. The molecule has 0 atom stereocenters. The molecule has 0 radical (unpaired) electrons. The maximum absolute atomic E-state index is 13.0. The molecule has 0 aliphatic carbocycles. The summed E-state index contributed by atoms with van der Waals surface area (Å²) in [6, 6.07) is 1.58. The quantitative estimate of drug-likeness (QED) is 0.545. The molecule has 0 saturated carbocycles. The van der Waals surface area contributed by atoms with Gasteiger partial charge < -0.3 is 5.73 Å². The van der Waals surface area contributed by atoms with E-state index in [4.69, 9.17) is 17.3 Å². The van der Waals surface area contributed by atoms with Gasteiger partial charge in [-0.3, -0.25) is 0 Å². The smallest absolute Gasteiger partial charge is 0.147 e. The highest BCUT2D eigenvalue weighted by Crippen LogP contribution is 2.30. The zero-order chi connectivity index (χ0) is 8.59. The van der Waals surface area contributed by atoms with Crippen molar-refractivity contribution in [1.82, 2.24) is 0 Å². The van der Waals surface area contributed by atoms with E-state index in [1.807, 2.05) is 0 Å². The van der Waals surface area contributed by atoms with Crippen molar-refractivity contribution in [1.29, 1.82) is 0 Å². The van der Waals surface area contributed by atoms with Crippen molar-refractivity contribution in [2.75, 3.05) is 5.73 Å². The second kappa shape index (κ2) is 2.99. The Labute approximate surface area is 77.5 Å². The monoisotopic (exact) mass is 237 g/mol. The van der Waals surface area contributed by atoms with E-state index in [0.29, 0.717) is 15.7 Å². The van der Waals surface area contributed by atoms with E-state index < -0.39 is 5.82 Å². The Bertz CT molecular complexity index is 275. The minimum absolute atomic E-state index is 0.0803. The Hall–Kier alpha value is -0.280. The van der Waals surface area contributed by atoms with E-state index in [0.717, 1.165) is 0 Å². The van der Waals surface area contributed by atoms with Crippen LogP contribution >= 0.6 is 27.5 Å². The topological polar surface area (TPSA) is 26.0 Å². The van der Waals surface area contributed by atoms with Crippen molar-refractivity contribution in [2.45, 2.75) is 6.92 Å². The number of hydrogen-bond donors (Lipinski definition) is 1. The maximum Gasteiger partial charge on any atom is 0.147 e. The molecule has 0 bridgehead atoms. The SMILES string of the molecule is Cc1c(N)cc(Br)c(Cl)c1F. The first kappa shape index (κ1) is 8.81. The Balaban J connectivity index is 3.46. The van der Waals surface area contributed by atoms with Crippen LogP contribution in [-0.2, 0) is 0 Å². The zero-order valence-electron chi connectivity index (χ0n) is 5.79. The van der Waals surface area contributed by atoms with Gasteiger partial charge in [0.05, 0.1) is 5.02 Å². The number of nitrogen functional groups attached to an aromatic ring is 1. The lowest BCUT2D eigenvalue weighted by Gasteiger charge is -2.04. The van der Waals surface area contributed by atoms with Gasteiger partial charge in [-0.1, -0.05) is 11.6 Å². The third kappa shape index (κ3) is 1.49. The van der Waals surface area contributed by atoms with E-state index in [-0.39, 0.29) is 5.02 Å². The third-order valence-electron chi connectivity index (χ3n) is 1.45. The van der Waals surface area contributed by atoms with Gasteiger partial charge in [0.15, 0.2) is 0 Å². The molecule has 0 aliphatic heterocycles. The molecule has 11 heavy (non-hydrogen) atoms. The van der Waals surface area contributed by atoms with E-state index >= 15 is 0 Å². The summed E-state index contributed by atoms with van der Waals surface area (Å²) < 4.78 is 13.5. The molecular formula is C7H6BrClFN. The lowest BCUT2D eigenvalue weighted by Crippen LogP contribution is -1.94. The molecule has 0 heterocycles. The fourth-order valence-electron chi connectivity index (χ4n) is 0.704. The zero-order valence-corrected chi connectivity index (χ0v) is 8.13. The second-order valence-corrected chi connectivity index (χ2v) is 3.43. The van der Waals surface area contributed by atoms with Gasteiger partial charge in [0.2, 0.25) is 0 Å². The summed E-state index contributed by atoms with van der Waals surface area (Å²) in [7, 11) is 0. The van der Waals surface area contributed by atoms with Crippen molar-refractivity contribution in [3.8, 4) is 0 Å². The van der Waals surface area contributed by atoms with Gasteiger partial charge in [-0.2, -0.15) is 0 Å². The number of hydrogen-bond acceptors (Lipinski definition) is 1. The van der Waals surface area contributed by atoms with Crippen LogP contribution < -0.4 is 5.73 Å². The number of anilines is 1. The number of nitrogens with two attached hydrogens (primary N) is 1. The van der Waals surface area contributed by atoms with E-state index in [9.17, 15) is 4.39 Å². The molecular weight excluding hydrogens is 232 g/mol. The van der Waals surface area contributed by atoms with Gasteiger partial charge >= 0.3 is 0 Å². The predicted octanol–water partition coefficient (Wildman–Crippen LogP) is 3.13. The summed E-state index contributed by atoms with van der Waals surface area (Å²) in [6.45, 7) is 1.59. The lowest BCUT2D eigenvalue weighted by molar-refractivity contribution is 0.619. The first-order valence-corrected chi connectivity index (χ1v) is 4.10. The summed E-state index contributed by atoms with van der Waals surface area (Å²) in [5.41, 5.74) is 6.25. The van der Waals surface area contributed by atoms with E-state index in [2.05, 4.69) is 15.9 Å². The number of rotatable bonds is 0. The average Bonchev–Trinajstić information content (AvgIpc) is 1.97. The van der Waals surface area contributed by atoms with Crippen molar-refractivity contribution in [3.05, 3.63) is 26.9 Å². The van der Waals surface area contributed by atoms with E-state index in [1.54, 1.807) is 13.0 Å². The molecule has 0 fully saturated rings. The second-order valence-electron chi connectivity index (χ2n) is 2.20. The summed E-state index contributed by atoms with van der Waals surface area (Å²) >= 11 is 8.66. The molecule has 4 heteroatoms. The van der Waals surface area contributed by atoms with Crippen LogP contribution in [0.5, 0.6) is 0 Å². The summed E-state index contributed by atoms with van der Waals surface area (Å²) in [4.78, 5) is 0. The number of benzene rings is 1. The highest BCUT2D eigenvalue weighted by Gasteiger charge is 2.09. The fraction of sp³-hybridized carbons (Fsp3) is 0.143. The van der Waals surface area contributed by atoms with Gasteiger partial charge in [-0.15, -0.1) is 0 Å². The molecule has 0 aromatic heterocycles. The van der Waals surface area contributed by atoms with Gasteiger partial charge in [-0.05, 0) is 28.9 Å². The molecule has 1 aromatic carbocycles. The Kier molecular flexibility index (Phi) is 2.40. The van der Waals surface area contributed by atoms with Gasteiger partial charge in [0.25, 0.3) is 0 Å². The standard InChI is InChI=1S/C7H6BrClFN/c1-3-5(11)2-4(8)6(9)7(3)10/h2H,11H2,1H3. The maximum atomic E-state index is 13.0. The molecule has 1 aromatic rings. The van der Waals surface area contributed by atoms with Crippen LogP contribution in [0.15, 0.2) is 10.5 Å². The van der Waals surface area contributed by atoms with Gasteiger partial charge in [0, 0.05) is 15.7 Å². The number of halogens is 3. The third-order valence-corrected chi connectivity index (χ3v) is 2.67. The Morgan fingerprint density at radius 1 is 1.64 bits per heavy atom. The van der Waals surface area contributed by atoms with Crippen LogP contribution in [0.3, 0.4) is 0 Å². The summed E-state index contributed by atoms with van der Waals surface area (Å²) in [6.07, 6.45) is 0. The molecule has 0 saturated heterocycles. The highest BCUT2D eigenvalue weighted by atomic mass is 79.9. The first-order chi connectivity index (χ1) is 5.04. The van der Waals surface area contributed by atoms with E-state index in [1.165, 1.54) is 0 Å². The minimum atomic E-state index is -0.460. The normalized spacial score (nSPS) is 10.2. The summed E-state index contributed by atoms with van der Waals surface area (Å²) in [5, 5.41) is 0.0803. The predicted molar refractivity (Wildman–Crippen MR) is 48.3 cm³/mol. The molecule has 1 rings (SSSR count). The van der Waals surface area contributed by atoms with Crippen LogP contribution in [0, 0.1) is 12.7 Å². The van der Waals surface area contributed by atoms with Gasteiger partial charge in [-0.25, -0.2) is 4.39 Å². The molecule has 0 amide bonds. The van der Waals surface area contributed by atoms with Crippen molar-refractivity contribution >= 4 is 33.2 Å². The molecule has 0 unspecified atom stereocenters. The van der Waals surface area contributed by atoms with Crippen LogP contribution in [0.25, 0.3) is 0 Å². The molecule has 0 aliphatic rings. The summed E-state index contributed by atoms with van der Waals surface area (Å²) in [5.74, 6) is -0.460. The molecule has 2 N–H and O–H groups in total. The van der Waals surface area contributed by atoms with Crippen molar-refractivity contribution in [3.63, 3.8) is 0 Å². The van der Waals surface area contributed by atoms with Crippen LogP contribution in [0.2, 0.25) is 5.02 Å². The van der Waals surface area contributed by atoms with Crippen molar-refractivity contribution in [2.24, 2.45) is 0 Å². The largest absolute Gasteiger partial charge is 0.398 e. The molecule has 0 spiro atoms. The van der Waals surface area contributed by atoms with Crippen LogP contribution in [-0.4, -0.2) is 0 Å². The fourth-order valence-corrected chi connectivity index (χ4v) is 1.32. The average molecular weight is 238 g/mol. The van der Waals surface area contributed by atoms with Crippen molar-refractivity contribution < 1.29 is 4.39 Å². The van der Waals surface area contributed by atoms with Crippen LogP contribution in [0.4, 0.5) is 10.1 Å². The minimum Gasteiger partial charge on any atom is -0.398 e. The molecule has 60 valence electrons. The molecule has 1 nitrogen and oxygen atoms in total. The first-order valence-electron chi connectivity index (χ1n) is 2.93.